The van der Waals surface area contributed by atoms with E-state index in [0.29, 0.717) is 6.54 Å². The van der Waals surface area contributed by atoms with Gasteiger partial charge in [-0.05, 0) is 25.0 Å². The molecule has 0 saturated carbocycles. The smallest absolute Gasteiger partial charge is 0.248 e. The van der Waals surface area contributed by atoms with Crippen molar-refractivity contribution in [2.75, 3.05) is 0 Å². The number of alkyl halides is 3. The van der Waals surface area contributed by atoms with Gasteiger partial charge in [-0.3, -0.25) is 0 Å². The molecule has 0 bridgehead atoms. The van der Waals surface area contributed by atoms with Gasteiger partial charge in [-0.2, -0.15) is 13.2 Å². The van der Waals surface area contributed by atoms with Crippen LogP contribution in [0.15, 0.2) is 36.8 Å². The Hall–Kier alpha value is -1.85. The van der Waals surface area contributed by atoms with Crippen LogP contribution in [0.5, 0.6) is 0 Å². The maximum atomic E-state index is 12.3. The first-order valence-electron chi connectivity index (χ1n) is 7.58. The van der Waals surface area contributed by atoms with E-state index in [9.17, 15) is 13.2 Å². The molecule has 3 nitrogen and oxygen atoms in total. The lowest BCUT2D eigenvalue weighted by Crippen LogP contribution is -2.35. The number of rotatable bonds is 7. The molecule has 0 radical (unpaired) electrons. The Bertz CT molecular complexity index is 576. The molecule has 0 aliphatic rings. The van der Waals surface area contributed by atoms with Crippen molar-refractivity contribution in [1.82, 2.24) is 9.55 Å². The van der Waals surface area contributed by atoms with E-state index in [1.165, 1.54) is 0 Å². The summed E-state index contributed by atoms with van der Waals surface area (Å²) in [6.45, 7) is 3.29. The zero-order chi connectivity index (χ0) is 16.0. The zero-order valence-electron chi connectivity index (χ0n) is 12.7. The van der Waals surface area contributed by atoms with Crippen molar-refractivity contribution in [2.45, 2.75) is 51.9 Å². The number of unbranched alkanes of at least 4 members (excludes halogenated alkanes) is 1. The van der Waals surface area contributed by atoms with Gasteiger partial charge in [0.2, 0.25) is 0 Å². The molecule has 2 aromatic heterocycles. The largest absolute Gasteiger partial charge is 0.389 e. The lowest BCUT2D eigenvalue weighted by atomic mass is 10.2. The van der Waals surface area contributed by atoms with Crippen LogP contribution in [0.4, 0.5) is 13.2 Å². The average Bonchev–Trinajstić information content (AvgIpc) is 2.87. The molecule has 0 saturated heterocycles. The van der Waals surface area contributed by atoms with E-state index in [1.807, 2.05) is 35.2 Å². The summed E-state index contributed by atoms with van der Waals surface area (Å²) in [6, 6.07) is 5.61. The third-order valence-electron chi connectivity index (χ3n) is 3.48. The predicted molar refractivity (Wildman–Crippen MR) is 78.1 cm³/mol. The maximum Gasteiger partial charge on any atom is 0.389 e. The number of hydrogen-bond donors (Lipinski definition) is 0. The Kier molecular flexibility index (Phi) is 5.57. The third-order valence-corrected chi connectivity index (χ3v) is 3.48. The number of imidazole rings is 1. The van der Waals surface area contributed by atoms with Gasteiger partial charge in [-0.15, -0.1) is 0 Å². The molecule has 0 N–H and O–H groups in total. The molecule has 2 rings (SSSR count). The zero-order valence-corrected chi connectivity index (χ0v) is 12.7. The fourth-order valence-electron chi connectivity index (χ4n) is 2.40. The van der Waals surface area contributed by atoms with Gasteiger partial charge in [-0.1, -0.05) is 19.4 Å². The van der Waals surface area contributed by atoms with Gasteiger partial charge in [0.05, 0.1) is 13.1 Å². The summed E-state index contributed by atoms with van der Waals surface area (Å²) >= 11 is 0. The highest BCUT2D eigenvalue weighted by atomic mass is 19.4. The van der Waals surface area contributed by atoms with Crippen LogP contribution in [0.1, 0.15) is 32.6 Å². The molecule has 22 heavy (non-hydrogen) atoms. The van der Waals surface area contributed by atoms with Crippen molar-refractivity contribution in [2.24, 2.45) is 0 Å². The van der Waals surface area contributed by atoms with Crippen LogP contribution >= 0.6 is 0 Å². The van der Waals surface area contributed by atoms with E-state index in [2.05, 4.69) is 16.5 Å². The van der Waals surface area contributed by atoms with Crippen molar-refractivity contribution in [3.8, 4) is 11.5 Å². The van der Waals surface area contributed by atoms with E-state index >= 15 is 0 Å². The quantitative estimate of drug-likeness (QED) is 0.709. The summed E-state index contributed by atoms with van der Waals surface area (Å²) in [6.07, 6.45) is 2.77. The van der Waals surface area contributed by atoms with Crippen molar-refractivity contribution in [3.05, 3.63) is 36.8 Å². The Balaban J connectivity index is 2.20. The van der Waals surface area contributed by atoms with Gasteiger partial charge < -0.3 is 0 Å². The van der Waals surface area contributed by atoms with E-state index in [-0.39, 0.29) is 6.42 Å². The van der Waals surface area contributed by atoms with Crippen LogP contribution < -0.4 is 4.57 Å². The van der Waals surface area contributed by atoms with Gasteiger partial charge >= 0.3 is 12.0 Å². The van der Waals surface area contributed by atoms with Gasteiger partial charge in [0.25, 0.3) is 0 Å². The number of halogens is 3. The second-order valence-electron chi connectivity index (χ2n) is 5.30. The minimum absolute atomic E-state index is 0.0752. The molecular weight excluding hydrogens is 291 g/mol. The maximum absolute atomic E-state index is 12.3. The van der Waals surface area contributed by atoms with Crippen molar-refractivity contribution >= 4 is 0 Å². The molecular formula is C16H21F3N3+. The molecule has 0 amide bonds. The van der Waals surface area contributed by atoms with E-state index in [0.717, 1.165) is 30.9 Å². The molecule has 0 unspecified atom stereocenters. The highest BCUT2D eigenvalue weighted by molar-refractivity contribution is 5.45. The van der Waals surface area contributed by atoms with Crippen LogP contribution in [0.25, 0.3) is 11.5 Å². The molecule has 0 atom stereocenters. The number of nitrogens with zero attached hydrogens (tertiary/aromatic N) is 3. The van der Waals surface area contributed by atoms with Crippen LogP contribution in [-0.2, 0) is 13.1 Å². The molecule has 6 heteroatoms. The van der Waals surface area contributed by atoms with Crippen LogP contribution in [-0.4, -0.2) is 15.7 Å². The fourth-order valence-corrected chi connectivity index (χ4v) is 2.40. The van der Waals surface area contributed by atoms with E-state index in [1.54, 1.807) is 6.20 Å². The first kappa shape index (κ1) is 16.5. The first-order valence-corrected chi connectivity index (χ1v) is 7.58. The van der Waals surface area contributed by atoms with Crippen molar-refractivity contribution in [1.29, 1.82) is 0 Å². The molecule has 0 aromatic carbocycles. The second-order valence-corrected chi connectivity index (χ2v) is 5.30. The number of hydrogen-bond acceptors (Lipinski definition) is 1. The summed E-state index contributed by atoms with van der Waals surface area (Å²) in [5, 5.41) is 0. The highest BCUT2D eigenvalue weighted by Gasteiger charge is 2.27. The fraction of sp³-hybridized carbons (Fsp3) is 0.500. The van der Waals surface area contributed by atoms with E-state index < -0.39 is 12.6 Å². The molecule has 0 fully saturated rings. The standard InChI is InChI=1S/C16H21F3N3/c1-2-3-10-21-12-13-22(11-6-8-16(17,18)19)15(21)14-7-4-5-9-20-14/h4-5,7,9,12-13H,2-3,6,8,10-11H2,1H3/q+1. The predicted octanol–water partition coefficient (Wildman–Crippen LogP) is 3.98. The second kappa shape index (κ2) is 7.42. The van der Waals surface area contributed by atoms with Crippen LogP contribution in [0.2, 0.25) is 0 Å². The van der Waals surface area contributed by atoms with Crippen molar-refractivity contribution in [3.63, 3.8) is 0 Å². The third kappa shape index (κ3) is 4.58. The minimum Gasteiger partial charge on any atom is -0.248 e. The molecule has 0 aliphatic carbocycles. The molecule has 120 valence electrons. The van der Waals surface area contributed by atoms with E-state index in [4.69, 9.17) is 0 Å². The normalized spacial score (nSPS) is 11.8. The molecule has 2 aromatic rings. The van der Waals surface area contributed by atoms with Gasteiger partial charge in [0.15, 0.2) is 5.69 Å². The Morgan fingerprint density at radius 1 is 1.23 bits per heavy atom. The van der Waals surface area contributed by atoms with Crippen LogP contribution in [0, 0.1) is 0 Å². The Morgan fingerprint density at radius 2 is 2.05 bits per heavy atom. The number of pyridine rings is 1. The van der Waals surface area contributed by atoms with Gasteiger partial charge in [-0.25, -0.2) is 14.1 Å². The highest BCUT2D eigenvalue weighted by Crippen LogP contribution is 2.21. The molecule has 2 heterocycles. The Morgan fingerprint density at radius 3 is 2.68 bits per heavy atom. The van der Waals surface area contributed by atoms with Crippen molar-refractivity contribution < 1.29 is 17.7 Å². The molecule has 0 spiro atoms. The Labute approximate surface area is 128 Å². The van der Waals surface area contributed by atoms with Gasteiger partial charge in [0.1, 0.15) is 12.4 Å². The first-order chi connectivity index (χ1) is 10.5. The van der Waals surface area contributed by atoms with Crippen LogP contribution in [0.3, 0.4) is 0 Å². The average molecular weight is 312 g/mol. The lowest BCUT2D eigenvalue weighted by molar-refractivity contribution is -0.686. The summed E-state index contributed by atoms with van der Waals surface area (Å²) in [5.41, 5.74) is 0.788. The lowest BCUT2D eigenvalue weighted by Gasteiger charge is -2.06. The van der Waals surface area contributed by atoms with Gasteiger partial charge in [0, 0.05) is 12.6 Å². The monoisotopic (exact) mass is 312 g/mol. The summed E-state index contributed by atoms with van der Waals surface area (Å²) in [5.74, 6) is 0.872. The SMILES string of the molecule is CCCCn1cc[n+](CCCC(F)(F)F)c1-c1ccccn1. The summed E-state index contributed by atoms with van der Waals surface area (Å²) < 4.78 is 40.9. The topological polar surface area (TPSA) is 21.7 Å². The molecule has 0 aliphatic heterocycles. The number of aromatic nitrogens is 3. The number of aryl methyl sites for hydroxylation is 2. The minimum atomic E-state index is -4.10. The summed E-state index contributed by atoms with van der Waals surface area (Å²) in [7, 11) is 0. The summed E-state index contributed by atoms with van der Waals surface area (Å²) in [4.78, 5) is 4.34.